The van der Waals surface area contributed by atoms with Crippen LogP contribution < -0.4 is 16.4 Å². The Bertz CT molecular complexity index is 1800. The van der Waals surface area contributed by atoms with Gasteiger partial charge in [-0.25, -0.2) is 0 Å². The number of halogens is 1. The summed E-state index contributed by atoms with van der Waals surface area (Å²) in [6.07, 6.45) is 2.40. The fourth-order valence-electron chi connectivity index (χ4n) is 6.40. The van der Waals surface area contributed by atoms with Gasteiger partial charge in [0, 0.05) is 46.0 Å². The number of dihydropyridines is 1. The Morgan fingerprint density at radius 2 is 2.00 bits per heavy atom. The molecule has 3 unspecified atom stereocenters. The molecule has 0 radical (unpaired) electrons. The SMILES string of the molecule is CCCC1CC(=O)C2=C(C1)NC(C)=C(C#N)C2c1cc(C(N)=O)c(NCc2ccccc2[N+](=O)[O-])c(Br)c1C(CC)S(=O)(=O)O. The monoisotopic (exact) mass is 699 g/mol. The highest BCUT2D eigenvalue weighted by Crippen LogP contribution is 2.50. The molecule has 1 aliphatic carbocycles. The number of carbonyl (C=O) groups excluding carboxylic acids is 2. The molecule has 2 aromatic carbocycles. The van der Waals surface area contributed by atoms with Gasteiger partial charge in [0.05, 0.1) is 33.7 Å². The van der Waals surface area contributed by atoms with Crippen LogP contribution in [0.15, 0.2) is 57.3 Å². The third-order valence-corrected chi connectivity index (χ3v) is 10.5. The maximum atomic E-state index is 13.8. The van der Waals surface area contributed by atoms with Crippen molar-refractivity contribution < 1.29 is 27.5 Å². The van der Waals surface area contributed by atoms with Crippen LogP contribution in [0.5, 0.6) is 0 Å². The minimum absolute atomic E-state index is 0.0397. The molecule has 2 aromatic rings. The van der Waals surface area contributed by atoms with E-state index in [1.54, 1.807) is 19.9 Å². The summed E-state index contributed by atoms with van der Waals surface area (Å²) in [5, 5.41) is 26.6. The number of benzene rings is 2. The zero-order chi connectivity index (χ0) is 33.2. The summed E-state index contributed by atoms with van der Waals surface area (Å²) in [7, 11) is -4.76. The van der Waals surface area contributed by atoms with Crippen molar-refractivity contribution in [2.75, 3.05) is 5.32 Å². The van der Waals surface area contributed by atoms with Crippen molar-refractivity contribution in [1.82, 2.24) is 5.32 Å². The normalized spacial score (nSPS) is 19.0. The van der Waals surface area contributed by atoms with Gasteiger partial charge in [-0.15, -0.1) is 0 Å². The van der Waals surface area contributed by atoms with E-state index in [1.807, 2.05) is 6.92 Å². The molecule has 1 heterocycles. The number of anilines is 1. The van der Waals surface area contributed by atoms with Gasteiger partial charge in [-0.2, -0.15) is 13.7 Å². The van der Waals surface area contributed by atoms with Gasteiger partial charge in [-0.05, 0) is 65.2 Å². The number of nitrogens with one attached hydrogen (secondary N) is 2. The third kappa shape index (κ3) is 6.66. The fraction of sp³-hybridized carbons (Fsp3) is 0.387. The molecule has 3 atom stereocenters. The van der Waals surface area contributed by atoms with Gasteiger partial charge in [0.2, 0.25) is 0 Å². The van der Waals surface area contributed by atoms with Gasteiger partial charge in [-0.3, -0.25) is 24.3 Å². The van der Waals surface area contributed by atoms with Gasteiger partial charge in [-0.1, -0.05) is 38.5 Å². The maximum Gasteiger partial charge on any atom is 0.274 e. The summed E-state index contributed by atoms with van der Waals surface area (Å²) in [5.41, 5.74) is 7.65. The number of rotatable bonds is 11. The van der Waals surface area contributed by atoms with Gasteiger partial charge < -0.3 is 16.4 Å². The average molecular weight is 701 g/mol. The number of primary amides is 1. The quantitative estimate of drug-likeness (QED) is 0.124. The summed E-state index contributed by atoms with van der Waals surface area (Å²) >= 11 is 3.47. The highest BCUT2D eigenvalue weighted by Gasteiger charge is 2.42. The first-order valence-corrected chi connectivity index (χ1v) is 16.8. The van der Waals surface area contributed by atoms with Crippen molar-refractivity contribution in [3.05, 3.63) is 89.7 Å². The fourth-order valence-corrected chi connectivity index (χ4v) is 8.38. The molecule has 0 fully saturated rings. The van der Waals surface area contributed by atoms with E-state index in [0.717, 1.165) is 12.8 Å². The summed E-state index contributed by atoms with van der Waals surface area (Å²) in [6, 6.07) is 9.51. The number of nitro groups is 1. The lowest BCUT2D eigenvalue weighted by Gasteiger charge is -2.37. The molecule has 1 aliphatic heterocycles. The second-order valence-electron chi connectivity index (χ2n) is 11.2. The molecular formula is C31H34BrN5O7S. The molecule has 238 valence electrons. The van der Waals surface area contributed by atoms with Crippen LogP contribution >= 0.6 is 15.9 Å². The molecule has 12 nitrogen and oxygen atoms in total. The first kappa shape index (κ1) is 33.8. The number of amides is 1. The predicted molar refractivity (Wildman–Crippen MR) is 172 cm³/mol. The number of Topliss-reactive ketones (excluding diaryl/α,β-unsaturated/α-hetero) is 1. The summed E-state index contributed by atoms with van der Waals surface area (Å²) in [4.78, 5) is 37.8. The van der Waals surface area contributed by atoms with Gasteiger partial charge in [0.1, 0.15) is 5.25 Å². The summed E-state index contributed by atoms with van der Waals surface area (Å²) in [6.45, 7) is 5.14. The van der Waals surface area contributed by atoms with Gasteiger partial charge in [0.25, 0.3) is 21.7 Å². The second kappa shape index (κ2) is 13.5. The minimum atomic E-state index is -4.76. The number of hydrogen-bond donors (Lipinski definition) is 4. The van der Waals surface area contributed by atoms with Crippen molar-refractivity contribution >= 4 is 49.1 Å². The first-order valence-electron chi connectivity index (χ1n) is 14.5. The van der Waals surface area contributed by atoms with Crippen LogP contribution in [-0.2, 0) is 21.5 Å². The Hall–Kier alpha value is -4.06. The predicted octanol–water partition coefficient (Wildman–Crippen LogP) is 5.92. The molecule has 14 heteroatoms. The molecule has 45 heavy (non-hydrogen) atoms. The lowest BCUT2D eigenvalue weighted by molar-refractivity contribution is -0.385. The van der Waals surface area contributed by atoms with E-state index in [2.05, 4.69) is 32.6 Å². The molecule has 0 saturated heterocycles. The maximum absolute atomic E-state index is 13.8. The molecule has 0 bridgehead atoms. The van der Waals surface area contributed by atoms with E-state index >= 15 is 0 Å². The van der Waals surface area contributed by atoms with Crippen LogP contribution in [0.3, 0.4) is 0 Å². The number of ketones is 1. The second-order valence-corrected chi connectivity index (χ2v) is 13.6. The Morgan fingerprint density at radius 1 is 1.31 bits per heavy atom. The zero-order valence-corrected chi connectivity index (χ0v) is 27.4. The van der Waals surface area contributed by atoms with Crippen LogP contribution in [0, 0.1) is 27.4 Å². The zero-order valence-electron chi connectivity index (χ0n) is 25.0. The molecule has 5 N–H and O–H groups in total. The van der Waals surface area contributed by atoms with E-state index in [4.69, 9.17) is 5.73 Å². The third-order valence-electron chi connectivity index (χ3n) is 8.34. The molecule has 0 spiro atoms. The smallest absolute Gasteiger partial charge is 0.274 e. The molecule has 2 aliphatic rings. The van der Waals surface area contributed by atoms with E-state index in [9.17, 15) is 37.9 Å². The van der Waals surface area contributed by atoms with Crippen molar-refractivity contribution in [3.63, 3.8) is 0 Å². The number of hydrogen-bond acceptors (Lipinski definition) is 9. The van der Waals surface area contributed by atoms with Crippen molar-refractivity contribution in [1.29, 1.82) is 5.26 Å². The highest BCUT2D eigenvalue weighted by atomic mass is 79.9. The Labute approximate surface area is 269 Å². The summed E-state index contributed by atoms with van der Waals surface area (Å²) in [5.74, 6) is -2.07. The minimum Gasteiger partial charge on any atom is -0.379 e. The largest absolute Gasteiger partial charge is 0.379 e. The molecule has 1 amide bonds. The van der Waals surface area contributed by atoms with E-state index < -0.39 is 32.1 Å². The Morgan fingerprint density at radius 3 is 2.58 bits per heavy atom. The number of para-hydroxylation sites is 1. The van der Waals surface area contributed by atoms with Crippen molar-refractivity contribution in [2.45, 2.75) is 70.6 Å². The Kier molecular flexibility index (Phi) is 10.2. The highest BCUT2D eigenvalue weighted by molar-refractivity contribution is 9.10. The lowest BCUT2D eigenvalue weighted by atomic mass is 9.71. The van der Waals surface area contributed by atoms with Gasteiger partial charge >= 0.3 is 0 Å². The average Bonchev–Trinajstić information content (AvgIpc) is 2.96. The number of nitrogens with two attached hydrogens (primary N) is 1. The number of nitrogens with zero attached hydrogens (tertiary/aromatic N) is 2. The van der Waals surface area contributed by atoms with Crippen LogP contribution in [0.2, 0.25) is 0 Å². The van der Waals surface area contributed by atoms with Crippen LogP contribution in [0.1, 0.15) is 91.1 Å². The Balaban J connectivity index is 2.03. The van der Waals surface area contributed by atoms with E-state index in [0.29, 0.717) is 23.4 Å². The standard InChI is InChI=1S/C31H34BrN5O7S/c1-4-8-17-11-22-28(24(38)12-17)26(21(14-33)16(3)36-22)19-13-20(31(34)39)30(29(32)27(19)25(5-2)45(42,43)44)35-15-18-9-6-7-10-23(18)37(40)41/h6-7,9-10,13,17,25-26,35-36H,4-5,8,11-12,15H2,1-3H3,(H2,34,39)(H,42,43,44). The molecular weight excluding hydrogens is 666 g/mol. The first-order chi connectivity index (χ1) is 21.2. The van der Waals surface area contributed by atoms with Crippen molar-refractivity contribution in [3.8, 4) is 6.07 Å². The topological polar surface area (TPSA) is 206 Å². The summed E-state index contributed by atoms with van der Waals surface area (Å²) < 4.78 is 36.1. The van der Waals surface area contributed by atoms with Crippen LogP contribution in [-0.4, -0.2) is 29.6 Å². The number of nitriles is 1. The number of nitro benzene ring substituents is 1. The number of carbonyl (C=O) groups is 2. The lowest BCUT2D eigenvalue weighted by Crippen LogP contribution is -2.35. The van der Waals surface area contributed by atoms with Crippen molar-refractivity contribution in [2.24, 2.45) is 11.7 Å². The number of allylic oxidation sites excluding steroid dienone is 4. The molecule has 0 saturated carbocycles. The molecule has 0 aromatic heterocycles. The van der Waals surface area contributed by atoms with E-state index in [1.165, 1.54) is 24.3 Å². The van der Waals surface area contributed by atoms with Crippen LogP contribution in [0.4, 0.5) is 11.4 Å². The van der Waals surface area contributed by atoms with E-state index in [-0.39, 0.29) is 74.8 Å². The molecule has 4 rings (SSSR count). The van der Waals surface area contributed by atoms with Gasteiger partial charge in [0.15, 0.2) is 5.78 Å². The van der Waals surface area contributed by atoms with Crippen LogP contribution in [0.25, 0.3) is 0 Å².